The van der Waals surface area contributed by atoms with Crippen LogP contribution in [0.4, 0.5) is 0 Å². The minimum Gasteiger partial charge on any atom is -0.292 e. The van der Waals surface area contributed by atoms with E-state index in [0.29, 0.717) is 18.0 Å². The van der Waals surface area contributed by atoms with Crippen molar-refractivity contribution < 1.29 is 4.79 Å². The lowest BCUT2D eigenvalue weighted by Crippen LogP contribution is -2.13. The Morgan fingerprint density at radius 3 is 2.79 bits per heavy atom. The van der Waals surface area contributed by atoms with Gasteiger partial charge in [-0.2, -0.15) is 5.10 Å². The first-order valence-corrected chi connectivity index (χ1v) is 7.20. The van der Waals surface area contributed by atoms with Crippen molar-refractivity contribution in [2.24, 2.45) is 13.0 Å². The van der Waals surface area contributed by atoms with E-state index in [1.165, 1.54) is 32.1 Å². The van der Waals surface area contributed by atoms with Gasteiger partial charge in [-0.05, 0) is 12.0 Å². The number of carbonyl (C=O) groups is 1. The highest BCUT2D eigenvalue weighted by atomic mass is 16.1. The van der Waals surface area contributed by atoms with E-state index in [9.17, 15) is 4.79 Å². The molecule has 0 amide bonds. The van der Waals surface area contributed by atoms with Crippen LogP contribution < -0.4 is 0 Å². The fourth-order valence-electron chi connectivity index (χ4n) is 3.17. The van der Waals surface area contributed by atoms with Crippen molar-refractivity contribution in [3.63, 3.8) is 0 Å². The summed E-state index contributed by atoms with van der Waals surface area (Å²) >= 11 is 0. The summed E-state index contributed by atoms with van der Waals surface area (Å²) in [6.07, 6.45) is 6.97. The van der Waals surface area contributed by atoms with Crippen molar-refractivity contribution in [3.8, 4) is 0 Å². The molecule has 1 heterocycles. The summed E-state index contributed by atoms with van der Waals surface area (Å²) in [5, 5.41) is 5.41. The van der Waals surface area contributed by atoms with Crippen LogP contribution in [0.5, 0.6) is 0 Å². The average Bonchev–Trinajstić information content (AvgIpc) is 2.78. The quantitative estimate of drug-likeness (QED) is 0.784. The number of hydrogen-bond acceptors (Lipinski definition) is 2. The third-order valence-electron chi connectivity index (χ3n) is 4.22. The molecule has 3 rings (SSSR count). The molecule has 0 aliphatic heterocycles. The van der Waals surface area contributed by atoms with E-state index >= 15 is 0 Å². The number of nitrogens with zero attached hydrogens (tertiary/aromatic N) is 2. The molecule has 1 aliphatic carbocycles. The Labute approximate surface area is 113 Å². The molecule has 0 unspecified atom stereocenters. The fourth-order valence-corrected chi connectivity index (χ4v) is 3.17. The number of aromatic nitrogens is 2. The zero-order chi connectivity index (χ0) is 13.2. The number of para-hydroxylation sites is 1. The van der Waals surface area contributed by atoms with Crippen LogP contribution in [-0.4, -0.2) is 15.6 Å². The number of Topliss-reactive ketones (excluding diaryl/α,β-unsaturated/α-hetero) is 1. The Kier molecular flexibility index (Phi) is 3.36. The first kappa shape index (κ1) is 12.4. The number of hydrogen-bond donors (Lipinski definition) is 0. The molecule has 0 N–H and O–H groups in total. The van der Waals surface area contributed by atoms with Gasteiger partial charge in [0, 0.05) is 18.9 Å². The van der Waals surface area contributed by atoms with Gasteiger partial charge in [0.25, 0.3) is 0 Å². The third-order valence-corrected chi connectivity index (χ3v) is 4.22. The topological polar surface area (TPSA) is 34.9 Å². The van der Waals surface area contributed by atoms with Gasteiger partial charge in [-0.25, -0.2) is 0 Å². The van der Waals surface area contributed by atoms with Crippen molar-refractivity contribution in [2.75, 3.05) is 0 Å². The summed E-state index contributed by atoms with van der Waals surface area (Å²) in [7, 11) is 1.90. The smallest absolute Gasteiger partial charge is 0.183 e. The molecule has 0 radical (unpaired) electrons. The molecule has 0 bridgehead atoms. The van der Waals surface area contributed by atoms with Gasteiger partial charge in [0.2, 0.25) is 0 Å². The highest BCUT2D eigenvalue weighted by Crippen LogP contribution is 2.28. The monoisotopic (exact) mass is 256 g/mol. The standard InChI is InChI=1S/C16H20N2O/c1-18-14-10-6-5-9-13(14)16(17-18)15(19)11-12-7-3-2-4-8-12/h5-6,9-10,12H,2-4,7-8,11H2,1H3. The van der Waals surface area contributed by atoms with Gasteiger partial charge in [0.05, 0.1) is 5.52 Å². The lowest BCUT2D eigenvalue weighted by Gasteiger charge is -2.20. The highest BCUT2D eigenvalue weighted by molar-refractivity contribution is 6.06. The van der Waals surface area contributed by atoms with Crippen molar-refractivity contribution in [1.29, 1.82) is 0 Å². The van der Waals surface area contributed by atoms with Crippen LogP contribution in [0.2, 0.25) is 0 Å². The zero-order valence-corrected chi connectivity index (χ0v) is 11.4. The van der Waals surface area contributed by atoms with Crippen LogP contribution in [0.15, 0.2) is 24.3 Å². The molecular formula is C16H20N2O. The summed E-state index contributed by atoms with van der Waals surface area (Å²) in [4.78, 5) is 12.5. The van der Waals surface area contributed by atoms with Crippen molar-refractivity contribution in [2.45, 2.75) is 38.5 Å². The lowest BCUT2D eigenvalue weighted by molar-refractivity contribution is 0.0946. The first-order chi connectivity index (χ1) is 9.25. The molecule has 0 atom stereocenters. The number of carbonyl (C=O) groups excluding carboxylic acids is 1. The van der Waals surface area contributed by atoms with E-state index in [1.807, 2.05) is 36.0 Å². The second-order valence-electron chi connectivity index (χ2n) is 5.62. The van der Waals surface area contributed by atoms with E-state index in [-0.39, 0.29) is 5.78 Å². The number of aryl methyl sites for hydroxylation is 1. The second-order valence-corrected chi connectivity index (χ2v) is 5.62. The van der Waals surface area contributed by atoms with E-state index < -0.39 is 0 Å². The van der Waals surface area contributed by atoms with Crippen molar-refractivity contribution >= 4 is 16.7 Å². The van der Waals surface area contributed by atoms with Crippen LogP contribution in [0.3, 0.4) is 0 Å². The van der Waals surface area contributed by atoms with Gasteiger partial charge in [-0.1, -0.05) is 50.3 Å². The normalized spacial score (nSPS) is 16.9. The number of ketones is 1. The fraction of sp³-hybridized carbons (Fsp3) is 0.500. The van der Waals surface area contributed by atoms with Crippen LogP contribution in [0.1, 0.15) is 49.0 Å². The molecule has 1 saturated carbocycles. The number of rotatable bonds is 3. The molecule has 1 aromatic carbocycles. The maximum absolute atomic E-state index is 12.5. The van der Waals surface area contributed by atoms with Crippen LogP contribution >= 0.6 is 0 Å². The molecular weight excluding hydrogens is 236 g/mol. The summed E-state index contributed by atoms with van der Waals surface area (Å²) in [5.41, 5.74) is 1.69. The van der Waals surface area contributed by atoms with E-state index in [0.717, 1.165) is 10.9 Å². The molecule has 0 saturated heterocycles. The Balaban J connectivity index is 1.85. The van der Waals surface area contributed by atoms with Crippen LogP contribution in [0, 0.1) is 5.92 Å². The SMILES string of the molecule is Cn1nc(C(=O)CC2CCCCC2)c2ccccc21. The molecule has 1 aliphatic rings. The van der Waals surface area contributed by atoms with Gasteiger partial charge in [-0.15, -0.1) is 0 Å². The molecule has 1 fully saturated rings. The van der Waals surface area contributed by atoms with Crippen molar-refractivity contribution in [1.82, 2.24) is 9.78 Å². The summed E-state index contributed by atoms with van der Waals surface area (Å²) in [5.74, 6) is 0.783. The van der Waals surface area contributed by atoms with E-state index in [4.69, 9.17) is 0 Å². The lowest BCUT2D eigenvalue weighted by atomic mass is 9.85. The molecule has 1 aromatic heterocycles. The predicted molar refractivity (Wildman–Crippen MR) is 76.2 cm³/mol. The Bertz CT molecular complexity index is 594. The molecule has 3 heteroatoms. The van der Waals surface area contributed by atoms with Gasteiger partial charge in [0.15, 0.2) is 5.78 Å². The number of benzene rings is 1. The van der Waals surface area contributed by atoms with Crippen molar-refractivity contribution in [3.05, 3.63) is 30.0 Å². The Morgan fingerprint density at radius 1 is 1.26 bits per heavy atom. The van der Waals surface area contributed by atoms with Gasteiger partial charge in [-0.3, -0.25) is 9.48 Å². The average molecular weight is 256 g/mol. The van der Waals surface area contributed by atoms with Crippen LogP contribution in [-0.2, 0) is 7.05 Å². The van der Waals surface area contributed by atoms with Crippen LogP contribution in [0.25, 0.3) is 10.9 Å². The molecule has 0 spiro atoms. The Hall–Kier alpha value is -1.64. The summed E-state index contributed by atoms with van der Waals surface area (Å²) < 4.78 is 1.81. The number of fused-ring (bicyclic) bond motifs is 1. The third kappa shape index (κ3) is 2.42. The molecule has 19 heavy (non-hydrogen) atoms. The second kappa shape index (κ2) is 5.16. The maximum Gasteiger partial charge on any atom is 0.183 e. The Morgan fingerprint density at radius 2 is 2.00 bits per heavy atom. The van der Waals surface area contributed by atoms with E-state index in [1.54, 1.807) is 0 Å². The van der Waals surface area contributed by atoms with Gasteiger partial charge < -0.3 is 0 Å². The minimum atomic E-state index is 0.212. The van der Waals surface area contributed by atoms with Gasteiger partial charge in [0.1, 0.15) is 5.69 Å². The first-order valence-electron chi connectivity index (χ1n) is 7.20. The summed E-state index contributed by atoms with van der Waals surface area (Å²) in [6, 6.07) is 7.97. The molecule has 3 nitrogen and oxygen atoms in total. The zero-order valence-electron chi connectivity index (χ0n) is 11.4. The molecule has 100 valence electrons. The molecule has 2 aromatic rings. The predicted octanol–water partition coefficient (Wildman–Crippen LogP) is 3.73. The maximum atomic E-state index is 12.5. The van der Waals surface area contributed by atoms with Gasteiger partial charge >= 0.3 is 0 Å². The minimum absolute atomic E-state index is 0.212. The highest BCUT2D eigenvalue weighted by Gasteiger charge is 2.21. The largest absolute Gasteiger partial charge is 0.292 e. The summed E-state index contributed by atoms with van der Waals surface area (Å²) in [6.45, 7) is 0. The van der Waals surface area contributed by atoms with E-state index in [2.05, 4.69) is 5.10 Å².